The van der Waals surface area contributed by atoms with Crippen LogP contribution in [0.1, 0.15) is 37.3 Å². The van der Waals surface area contributed by atoms with Crippen molar-refractivity contribution in [2.24, 2.45) is 0 Å². The molecule has 2 saturated heterocycles. The van der Waals surface area contributed by atoms with Crippen molar-refractivity contribution in [2.75, 3.05) is 13.2 Å². The Kier molecular flexibility index (Phi) is 3.74. The van der Waals surface area contributed by atoms with E-state index in [1.165, 1.54) is 6.42 Å². The van der Waals surface area contributed by atoms with Gasteiger partial charge in [-0.1, -0.05) is 6.42 Å². The van der Waals surface area contributed by atoms with E-state index in [-0.39, 0.29) is 12.0 Å². The van der Waals surface area contributed by atoms with E-state index in [0.717, 1.165) is 44.0 Å². The minimum absolute atomic E-state index is 0.0507. The number of cyclic esters (lactones) is 1. The van der Waals surface area contributed by atoms with Gasteiger partial charge in [-0.25, -0.2) is 9.67 Å². The first-order valence-electron chi connectivity index (χ1n) is 7.45. The molecule has 6 heteroatoms. The van der Waals surface area contributed by atoms with Crippen LogP contribution < -0.4 is 0 Å². The molecule has 0 bridgehead atoms. The summed E-state index contributed by atoms with van der Waals surface area (Å²) >= 11 is 0. The number of esters is 1. The highest BCUT2D eigenvalue weighted by Gasteiger charge is 2.37. The van der Waals surface area contributed by atoms with Crippen molar-refractivity contribution in [3.05, 3.63) is 11.6 Å². The second-order valence-electron chi connectivity index (χ2n) is 5.75. The number of likely N-dealkylation sites (tertiary alicyclic amines) is 1. The van der Waals surface area contributed by atoms with Crippen molar-refractivity contribution in [1.29, 1.82) is 0 Å². The monoisotopic (exact) mass is 278 g/mol. The number of rotatable bonds is 3. The van der Waals surface area contributed by atoms with Gasteiger partial charge in [-0.3, -0.25) is 9.69 Å². The zero-order valence-corrected chi connectivity index (χ0v) is 12.2. The number of nitrogens with zero attached hydrogens (tertiary/aromatic N) is 4. The molecule has 6 nitrogen and oxygen atoms in total. The summed E-state index contributed by atoms with van der Waals surface area (Å²) in [5, 5.41) is 4.45. The molecule has 0 spiro atoms. The Labute approximate surface area is 119 Å². The average molecular weight is 278 g/mol. The summed E-state index contributed by atoms with van der Waals surface area (Å²) in [5.74, 6) is 1.70. The largest absolute Gasteiger partial charge is 0.464 e. The van der Waals surface area contributed by atoms with E-state index in [1.807, 2.05) is 18.5 Å². The van der Waals surface area contributed by atoms with Crippen molar-refractivity contribution in [2.45, 2.75) is 58.2 Å². The van der Waals surface area contributed by atoms with Crippen LogP contribution in [0.3, 0.4) is 0 Å². The molecule has 3 rings (SSSR count). The van der Waals surface area contributed by atoms with Gasteiger partial charge < -0.3 is 4.74 Å². The Balaban J connectivity index is 1.75. The zero-order valence-electron chi connectivity index (χ0n) is 12.2. The van der Waals surface area contributed by atoms with E-state index in [9.17, 15) is 4.79 Å². The molecule has 0 aliphatic carbocycles. The fourth-order valence-electron chi connectivity index (χ4n) is 3.35. The zero-order chi connectivity index (χ0) is 14.1. The number of aryl methyl sites for hydroxylation is 2. The average Bonchev–Trinajstić information content (AvgIpc) is 2.97. The maximum absolute atomic E-state index is 11.8. The molecule has 0 amide bonds. The van der Waals surface area contributed by atoms with Gasteiger partial charge in [0.05, 0.1) is 13.2 Å². The van der Waals surface area contributed by atoms with Crippen LogP contribution in [0.15, 0.2) is 0 Å². The molecule has 1 aromatic rings. The summed E-state index contributed by atoms with van der Waals surface area (Å²) < 4.78 is 7.10. The Morgan fingerprint density at radius 1 is 1.30 bits per heavy atom. The van der Waals surface area contributed by atoms with E-state index >= 15 is 0 Å². The maximum Gasteiger partial charge on any atom is 0.323 e. The first-order valence-corrected chi connectivity index (χ1v) is 7.45. The lowest BCUT2D eigenvalue weighted by molar-refractivity contribution is -0.143. The number of carbonyl (C=O) groups excluding carboxylic acids is 1. The summed E-state index contributed by atoms with van der Waals surface area (Å²) in [6.07, 6.45) is 4.32. The van der Waals surface area contributed by atoms with Gasteiger partial charge in [0, 0.05) is 12.5 Å². The van der Waals surface area contributed by atoms with Crippen molar-refractivity contribution in [3.8, 4) is 0 Å². The number of hydrogen-bond donors (Lipinski definition) is 0. The summed E-state index contributed by atoms with van der Waals surface area (Å²) in [6.45, 7) is 6.26. The van der Waals surface area contributed by atoms with Gasteiger partial charge in [0.2, 0.25) is 0 Å². The van der Waals surface area contributed by atoms with Gasteiger partial charge in [-0.2, -0.15) is 5.10 Å². The minimum Gasteiger partial charge on any atom is -0.464 e. The molecule has 3 heterocycles. The van der Waals surface area contributed by atoms with Crippen molar-refractivity contribution < 1.29 is 9.53 Å². The quantitative estimate of drug-likeness (QED) is 0.774. The van der Waals surface area contributed by atoms with Crippen LogP contribution in [0.2, 0.25) is 0 Å². The van der Waals surface area contributed by atoms with E-state index in [0.29, 0.717) is 12.6 Å². The van der Waals surface area contributed by atoms with Crippen molar-refractivity contribution >= 4 is 5.97 Å². The molecule has 0 saturated carbocycles. The SMILES string of the molecule is Cc1nc(C)n(CC2CCCCN2C2CCOC2=O)n1. The van der Waals surface area contributed by atoms with Crippen molar-refractivity contribution in [3.63, 3.8) is 0 Å². The lowest BCUT2D eigenvalue weighted by atomic mass is 9.99. The van der Waals surface area contributed by atoms with Crippen LogP contribution in [0.25, 0.3) is 0 Å². The highest BCUT2D eigenvalue weighted by Crippen LogP contribution is 2.25. The molecule has 2 fully saturated rings. The van der Waals surface area contributed by atoms with Gasteiger partial charge in [0.1, 0.15) is 17.7 Å². The van der Waals surface area contributed by atoms with Crippen LogP contribution in [0.4, 0.5) is 0 Å². The molecule has 110 valence electrons. The van der Waals surface area contributed by atoms with E-state index in [4.69, 9.17) is 4.74 Å². The molecular weight excluding hydrogens is 256 g/mol. The predicted octanol–water partition coefficient (Wildman–Crippen LogP) is 1.06. The van der Waals surface area contributed by atoms with Crippen LogP contribution >= 0.6 is 0 Å². The van der Waals surface area contributed by atoms with Gasteiger partial charge in [0.25, 0.3) is 0 Å². The number of piperidine rings is 1. The number of hydrogen-bond acceptors (Lipinski definition) is 5. The molecule has 2 aliphatic heterocycles. The van der Waals surface area contributed by atoms with E-state index in [1.54, 1.807) is 0 Å². The maximum atomic E-state index is 11.8. The third kappa shape index (κ3) is 2.57. The normalized spacial score (nSPS) is 27.8. The standard InChI is InChI=1S/C14H22N4O2/c1-10-15-11(2)18(16-10)9-12-5-3-4-7-17(12)13-6-8-20-14(13)19/h12-13H,3-9H2,1-2H3. The van der Waals surface area contributed by atoms with Gasteiger partial charge in [0.15, 0.2) is 0 Å². The second-order valence-corrected chi connectivity index (χ2v) is 5.75. The third-order valence-electron chi connectivity index (χ3n) is 4.33. The van der Waals surface area contributed by atoms with E-state index < -0.39 is 0 Å². The molecule has 2 atom stereocenters. The second kappa shape index (κ2) is 5.52. The molecule has 0 aromatic carbocycles. The number of carbonyl (C=O) groups is 1. The van der Waals surface area contributed by atoms with Crippen LogP contribution in [0, 0.1) is 13.8 Å². The molecule has 1 aromatic heterocycles. The Hall–Kier alpha value is -1.43. The first kappa shape index (κ1) is 13.5. The third-order valence-corrected chi connectivity index (χ3v) is 4.33. The Morgan fingerprint density at radius 3 is 2.80 bits per heavy atom. The van der Waals surface area contributed by atoms with Gasteiger partial charge >= 0.3 is 5.97 Å². The summed E-state index contributed by atoms with van der Waals surface area (Å²) in [5.41, 5.74) is 0. The van der Waals surface area contributed by atoms with Gasteiger partial charge in [-0.05, 0) is 33.2 Å². The summed E-state index contributed by atoms with van der Waals surface area (Å²) in [6, 6.07) is 0.310. The molecule has 2 unspecified atom stereocenters. The van der Waals surface area contributed by atoms with Gasteiger partial charge in [-0.15, -0.1) is 0 Å². The predicted molar refractivity (Wildman–Crippen MR) is 73.2 cm³/mol. The van der Waals surface area contributed by atoms with Crippen LogP contribution in [-0.4, -0.2) is 50.9 Å². The minimum atomic E-state index is -0.0524. The van der Waals surface area contributed by atoms with E-state index in [2.05, 4.69) is 15.0 Å². The lowest BCUT2D eigenvalue weighted by Gasteiger charge is -2.38. The smallest absolute Gasteiger partial charge is 0.323 e. The molecular formula is C14H22N4O2. The molecule has 2 aliphatic rings. The number of ether oxygens (including phenoxy) is 1. The highest BCUT2D eigenvalue weighted by atomic mass is 16.5. The topological polar surface area (TPSA) is 60.2 Å². The molecule has 20 heavy (non-hydrogen) atoms. The number of aromatic nitrogens is 3. The molecule has 0 radical (unpaired) electrons. The van der Waals surface area contributed by atoms with Crippen LogP contribution in [-0.2, 0) is 16.1 Å². The Bertz CT molecular complexity index is 499. The summed E-state index contributed by atoms with van der Waals surface area (Å²) in [7, 11) is 0. The van der Waals surface area contributed by atoms with Crippen molar-refractivity contribution in [1.82, 2.24) is 19.7 Å². The first-order chi connectivity index (χ1) is 9.65. The molecule has 0 N–H and O–H groups in total. The summed E-state index contributed by atoms with van der Waals surface area (Å²) in [4.78, 5) is 18.5. The Morgan fingerprint density at radius 2 is 2.15 bits per heavy atom. The lowest BCUT2D eigenvalue weighted by Crippen LogP contribution is -2.50. The fourth-order valence-corrected chi connectivity index (χ4v) is 3.35. The fraction of sp³-hybridized carbons (Fsp3) is 0.786. The highest BCUT2D eigenvalue weighted by molar-refractivity contribution is 5.77. The van der Waals surface area contributed by atoms with Crippen LogP contribution in [0.5, 0.6) is 0 Å².